The molecule has 0 amide bonds. The molecule has 0 unspecified atom stereocenters. The Hall–Kier alpha value is -1.61. The van der Waals surface area contributed by atoms with Gasteiger partial charge in [0, 0.05) is 6.20 Å². The van der Waals surface area contributed by atoms with Crippen molar-refractivity contribution in [3.8, 4) is 6.07 Å². The molecule has 1 heterocycles. The van der Waals surface area contributed by atoms with Crippen LogP contribution in [0, 0.1) is 11.3 Å². The quantitative estimate of drug-likeness (QED) is 0.823. The Morgan fingerprint density at radius 2 is 2.27 bits per heavy atom. The Kier molecular flexibility index (Phi) is 2.32. The molecule has 0 aliphatic heterocycles. The van der Waals surface area contributed by atoms with Crippen molar-refractivity contribution in [2.45, 2.75) is 18.1 Å². The van der Waals surface area contributed by atoms with Crippen LogP contribution in [0.15, 0.2) is 18.3 Å². The van der Waals surface area contributed by atoms with Crippen LogP contribution < -0.4 is 4.72 Å². The molecule has 1 fully saturated rings. The first-order chi connectivity index (χ1) is 7.12. The SMILES string of the molecule is N#Cc1cc(NS(=O)(=O)C2CC2)ccn1. The molecule has 0 atom stereocenters. The third-order valence-corrected chi connectivity index (χ3v) is 3.97. The molecule has 0 spiro atoms. The van der Waals surface area contributed by atoms with E-state index < -0.39 is 10.0 Å². The standard InChI is InChI=1S/C9H9N3O2S/c10-6-8-5-7(3-4-11-8)12-15(13,14)9-1-2-9/h3-5,9H,1-2H2,(H,11,12). The van der Waals surface area contributed by atoms with Crippen LogP contribution in [0.3, 0.4) is 0 Å². The van der Waals surface area contributed by atoms with Gasteiger partial charge in [-0.15, -0.1) is 0 Å². The number of anilines is 1. The van der Waals surface area contributed by atoms with Crippen LogP contribution >= 0.6 is 0 Å². The van der Waals surface area contributed by atoms with E-state index >= 15 is 0 Å². The largest absolute Gasteiger partial charge is 0.283 e. The zero-order valence-electron chi connectivity index (χ0n) is 7.84. The van der Waals surface area contributed by atoms with Crippen molar-refractivity contribution in [2.75, 3.05) is 4.72 Å². The van der Waals surface area contributed by atoms with Gasteiger partial charge in [0.05, 0.1) is 10.9 Å². The molecule has 5 nitrogen and oxygen atoms in total. The number of nitrogens with zero attached hydrogens (tertiary/aromatic N) is 2. The summed E-state index contributed by atoms with van der Waals surface area (Å²) in [5.74, 6) is 0. The monoisotopic (exact) mass is 223 g/mol. The van der Waals surface area contributed by atoms with E-state index in [0.717, 1.165) is 0 Å². The summed E-state index contributed by atoms with van der Waals surface area (Å²) in [7, 11) is -3.25. The summed E-state index contributed by atoms with van der Waals surface area (Å²) in [5, 5.41) is 8.32. The van der Waals surface area contributed by atoms with Gasteiger partial charge in [-0.05, 0) is 25.0 Å². The summed E-state index contributed by atoms with van der Waals surface area (Å²) in [6, 6.07) is 4.80. The van der Waals surface area contributed by atoms with Crippen LogP contribution in [0.2, 0.25) is 0 Å². The van der Waals surface area contributed by atoms with Gasteiger partial charge >= 0.3 is 0 Å². The summed E-state index contributed by atoms with van der Waals surface area (Å²) in [5.41, 5.74) is 0.597. The third-order valence-electron chi connectivity index (χ3n) is 2.10. The maximum Gasteiger partial charge on any atom is 0.235 e. The maximum absolute atomic E-state index is 11.5. The first kappa shape index (κ1) is 9.93. The van der Waals surface area contributed by atoms with Crippen molar-refractivity contribution < 1.29 is 8.42 Å². The molecule has 15 heavy (non-hydrogen) atoms. The number of pyridine rings is 1. The molecule has 1 aliphatic carbocycles. The highest BCUT2D eigenvalue weighted by molar-refractivity contribution is 7.93. The summed E-state index contributed by atoms with van der Waals surface area (Å²) in [6.07, 6.45) is 2.83. The van der Waals surface area contributed by atoms with Gasteiger partial charge in [0.1, 0.15) is 11.8 Å². The number of hydrogen-bond acceptors (Lipinski definition) is 4. The van der Waals surface area contributed by atoms with E-state index in [2.05, 4.69) is 9.71 Å². The van der Waals surface area contributed by atoms with Crippen LogP contribution in [0.5, 0.6) is 0 Å². The summed E-state index contributed by atoms with van der Waals surface area (Å²) in [6.45, 7) is 0. The Morgan fingerprint density at radius 3 is 2.87 bits per heavy atom. The number of rotatable bonds is 3. The molecular weight excluding hydrogens is 214 g/mol. The highest BCUT2D eigenvalue weighted by Gasteiger charge is 2.35. The molecular formula is C9H9N3O2S. The van der Waals surface area contributed by atoms with Crippen LogP contribution in [0.4, 0.5) is 5.69 Å². The van der Waals surface area contributed by atoms with Gasteiger partial charge in [0.25, 0.3) is 0 Å². The minimum absolute atomic E-state index is 0.200. The zero-order valence-corrected chi connectivity index (χ0v) is 8.66. The van der Waals surface area contributed by atoms with Crippen molar-refractivity contribution >= 4 is 15.7 Å². The first-order valence-corrected chi connectivity index (χ1v) is 6.04. The average Bonchev–Trinajstić information content (AvgIpc) is 3.00. The minimum Gasteiger partial charge on any atom is -0.283 e. The Morgan fingerprint density at radius 1 is 1.53 bits per heavy atom. The van der Waals surface area contributed by atoms with Gasteiger partial charge in [-0.2, -0.15) is 5.26 Å². The number of aromatic nitrogens is 1. The minimum atomic E-state index is -3.25. The predicted molar refractivity (Wildman–Crippen MR) is 54.5 cm³/mol. The van der Waals surface area contributed by atoms with Crippen LogP contribution in [0.1, 0.15) is 18.5 Å². The number of nitriles is 1. The smallest absolute Gasteiger partial charge is 0.235 e. The lowest BCUT2D eigenvalue weighted by Crippen LogP contribution is -2.17. The molecule has 0 saturated heterocycles. The lowest BCUT2D eigenvalue weighted by Gasteiger charge is -2.05. The average molecular weight is 223 g/mol. The molecule has 1 aromatic rings. The van der Waals surface area contributed by atoms with E-state index in [1.54, 1.807) is 0 Å². The molecule has 0 aromatic carbocycles. The molecule has 78 valence electrons. The van der Waals surface area contributed by atoms with Gasteiger partial charge in [0.15, 0.2) is 0 Å². The second-order valence-electron chi connectivity index (χ2n) is 3.39. The van der Waals surface area contributed by atoms with E-state index in [0.29, 0.717) is 18.5 Å². The molecule has 6 heteroatoms. The van der Waals surface area contributed by atoms with Crippen LogP contribution in [-0.2, 0) is 10.0 Å². The lowest BCUT2D eigenvalue weighted by atomic mass is 10.3. The molecule has 0 bridgehead atoms. The maximum atomic E-state index is 11.5. The normalized spacial score (nSPS) is 15.7. The molecule has 2 rings (SSSR count). The van der Waals surface area contributed by atoms with Crippen LogP contribution in [-0.4, -0.2) is 18.7 Å². The molecule has 1 aromatic heterocycles. The fourth-order valence-electron chi connectivity index (χ4n) is 1.18. The van der Waals surface area contributed by atoms with Gasteiger partial charge in [0.2, 0.25) is 10.0 Å². The summed E-state index contributed by atoms with van der Waals surface area (Å²) in [4.78, 5) is 3.75. The summed E-state index contributed by atoms with van der Waals surface area (Å²) < 4.78 is 25.5. The Labute approximate surface area is 87.8 Å². The second kappa shape index (κ2) is 3.51. The summed E-state index contributed by atoms with van der Waals surface area (Å²) >= 11 is 0. The van der Waals surface area contributed by atoms with Crippen molar-refractivity contribution in [2.24, 2.45) is 0 Å². The zero-order chi connectivity index (χ0) is 10.9. The van der Waals surface area contributed by atoms with Gasteiger partial charge in [-0.1, -0.05) is 0 Å². The molecule has 1 saturated carbocycles. The third kappa shape index (κ3) is 2.25. The highest BCUT2D eigenvalue weighted by Crippen LogP contribution is 2.29. The topological polar surface area (TPSA) is 82.9 Å². The van der Waals surface area contributed by atoms with Crippen molar-refractivity contribution in [3.05, 3.63) is 24.0 Å². The lowest BCUT2D eigenvalue weighted by molar-refractivity contribution is 0.600. The van der Waals surface area contributed by atoms with E-state index in [1.165, 1.54) is 18.3 Å². The fraction of sp³-hybridized carbons (Fsp3) is 0.333. The Balaban J connectivity index is 2.21. The molecule has 0 radical (unpaired) electrons. The van der Waals surface area contributed by atoms with Gasteiger partial charge < -0.3 is 0 Å². The van der Waals surface area contributed by atoms with Crippen molar-refractivity contribution in [3.63, 3.8) is 0 Å². The van der Waals surface area contributed by atoms with Crippen molar-refractivity contribution in [1.82, 2.24) is 4.98 Å². The van der Waals surface area contributed by atoms with Gasteiger partial charge in [-0.25, -0.2) is 13.4 Å². The Bertz CT molecular complexity index is 514. The molecule has 1 aliphatic rings. The predicted octanol–water partition coefficient (Wildman–Crippen LogP) is 0.857. The van der Waals surface area contributed by atoms with Gasteiger partial charge in [-0.3, -0.25) is 4.72 Å². The van der Waals surface area contributed by atoms with Crippen molar-refractivity contribution in [1.29, 1.82) is 5.26 Å². The number of sulfonamides is 1. The van der Waals surface area contributed by atoms with Crippen LogP contribution in [0.25, 0.3) is 0 Å². The highest BCUT2D eigenvalue weighted by atomic mass is 32.2. The fourth-order valence-corrected chi connectivity index (χ4v) is 2.56. The van der Waals surface area contributed by atoms with E-state index in [4.69, 9.17) is 5.26 Å². The number of hydrogen-bond donors (Lipinski definition) is 1. The number of nitrogens with one attached hydrogen (secondary N) is 1. The van der Waals surface area contributed by atoms with E-state index in [1.807, 2.05) is 6.07 Å². The van der Waals surface area contributed by atoms with E-state index in [9.17, 15) is 8.42 Å². The molecule has 1 N–H and O–H groups in total. The van der Waals surface area contributed by atoms with E-state index in [-0.39, 0.29) is 10.9 Å². The first-order valence-electron chi connectivity index (χ1n) is 4.49. The second-order valence-corrected chi connectivity index (χ2v) is 5.35.